The standard InChI is InChI=1S/C21H29N3O2S/c1-14(2)21-23-15(3)19(27-21)20(25)22-13-18(24-10-5-6-11-24)16-8-7-9-17(12-16)26-4/h7-9,12,14,18H,5-6,10-11,13H2,1-4H3,(H,22,25). The van der Waals surface area contributed by atoms with Crippen molar-refractivity contribution < 1.29 is 9.53 Å². The first kappa shape index (κ1) is 19.8. The summed E-state index contributed by atoms with van der Waals surface area (Å²) < 4.78 is 5.39. The van der Waals surface area contributed by atoms with E-state index in [-0.39, 0.29) is 11.9 Å². The van der Waals surface area contributed by atoms with Crippen LogP contribution in [0.25, 0.3) is 0 Å². The van der Waals surface area contributed by atoms with Gasteiger partial charge in [-0.05, 0) is 50.6 Å². The molecule has 27 heavy (non-hydrogen) atoms. The zero-order chi connectivity index (χ0) is 19.4. The van der Waals surface area contributed by atoms with Crippen molar-refractivity contribution in [1.29, 1.82) is 0 Å². The highest BCUT2D eigenvalue weighted by Crippen LogP contribution is 2.28. The number of rotatable bonds is 7. The van der Waals surface area contributed by atoms with Crippen molar-refractivity contribution in [1.82, 2.24) is 15.2 Å². The summed E-state index contributed by atoms with van der Waals surface area (Å²) in [4.78, 5) is 20.5. The van der Waals surface area contributed by atoms with Crippen LogP contribution in [0.1, 0.15) is 64.6 Å². The Bertz CT molecular complexity index is 781. The van der Waals surface area contributed by atoms with Crippen molar-refractivity contribution in [2.24, 2.45) is 0 Å². The van der Waals surface area contributed by atoms with Crippen molar-refractivity contribution in [3.05, 3.63) is 45.4 Å². The second-order valence-corrected chi connectivity index (χ2v) is 8.40. The molecule has 0 bridgehead atoms. The van der Waals surface area contributed by atoms with Gasteiger partial charge in [0.15, 0.2) is 0 Å². The fourth-order valence-corrected chi connectivity index (χ4v) is 4.49. The minimum atomic E-state index is -0.0241. The molecule has 1 aliphatic rings. The number of aryl methyl sites for hydroxylation is 1. The lowest BCUT2D eigenvalue weighted by atomic mass is 10.0. The third-order valence-corrected chi connectivity index (χ3v) is 6.49. The highest BCUT2D eigenvalue weighted by molar-refractivity contribution is 7.13. The lowest BCUT2D eigenvalue weighted by Crippen LogP contribution is -2.36. The lowest BCUT2D eigenvalue weighted by Gasteiger charge is -2.28. The molecule has 1 atom stereocenters. The number of nitrogens with one attached hydrogen (secondary N) is 1. The predicted molar refractivity (Wildman–Crippen MR) is 110 cm³/mol. The molecule has 1 aliphatic heterocycles. The van der Waals surface area contributed by atoms with Gasteiger partial charge in [-0.2, -0.15) is 0 Å². The van der Waals surface area contributed by atoms with Crippen LogP contribution in [0.2, 0.25) is 0 Å². The summed E-state index contributed by atoms with van der Waals surface area (Å²) in [6.45, 7) is 8.83. The van der Waals surface area contributed by atoms with Gasteiger partial charge in [-0.15, -0.1) is 11.3 Å². The van der Waals surface area contributed by atoms with E-state index in [4.69, 9.17) is 4.74 Å². The minimum absolute atomic E-state index is 0.0241. The van der Waals surface area contributed by atoms with Crippen LogP contribution in [0.3, 0.4) is 0 Å². The van der Waals surface area contributed by atoms with E-state index in [1.807, 2.05) is 19.1 Å². The summed E-state index contributed by atoms with van der Waals surface area (Å²) >= 11 is 1.50. The maximum Gasteiger partial charge on any atom is 0.263 e. The molecule has 2 aromatic rings. The van der Waals surface area contributed by atoms with Gasteiger partial charge in [-0.25, -0.2) is 4.98 Å². The fraction of sp³-hybridized carbons (Fsp3) is 0.524. The zero-order valence-corrected chi connectivity index (χ0v) is 17.4. The Hall–Kier alpha value is -1.92. The van der Waals surface area contributed by atoms with Gasteiger partial charge in [-0.1, -0.05) is 26.0 Å². The molecule has 1 aromatic heterocycles. The molecule has 0 spiro atoms. The van der Waals surface area contributed by atoms with Crippen LogP contribution in [0.4, 0.5) is 0 Å². The van der Waals surface area contributed by atoms with Gasteiger partial charge in [0.2, 0.25) is 0 Å². The highest BCUT2D eigenvalue weighted by Gasteiger charge is 2.25. The maximum atomic E-state index is 12.8. The van der Waals surface area contributed by atoms with E-state index in [1.54, 1.807) is 7.11 Å². The SMILES string of the molecule is COc1cccc(C(CNC(=O)c2sc(C(C)C)nc2C)N2CCCC2)c1. The molecule has 146 valence electrons. The minimum Gasteiger partial charge on any atom is -0.497 e. The van der Waals surface area contributed by atoms with Crippen LogP contribution in [0, 0.1) is 6.92 Å². The number of ether oxygens (including phenoxy) is 1. The van der Waals surface area contributed by atoms with Crippen LogP contribution < -0.4 is 10.1 Å². The van der Waals surface area contributed by atoms with Crippen LogP contribution in [-0.4, -0.2) is 42.5 Å². The summed E-state index contributed by atoms with van der Waals surface area (Å²) in [5.74, 6) is 1.16. The Morgan fingerprint density at radius 2 is 2.07 bits per heavy atom. The number of amides is 1. The molecule has 0 aliphatic carbocycles. The average Bonchev–Trinajstić information content (AvgIpc) is 3.32. The summed E-state index contributed by atoms with van der Waals surface area (Å²) in [5, 5.41) is 4.17. The van der Waals surface area contributed by atoms with Crippen molar-refractivity contribution >= 4 is 17.2 Å². The van der Waals surface area contributed by atoms with Crippen LogP contribution in [0.5, 0.6) is 5.75 Å². The van der Waals surface area contributed by atoms with Gasteiger partial charge in [0.05, 0.1) is 23.9 Å². The molecule has 1 fully saturated rings. The summed E-state index contributed by atoms with van der Waals surface area (Å²) in [5.41, 5.74) is 2.00. The first-order valence-corrected chi connectivity index (χ1v) is 10.4. The van der Waals surface area contributed by atoms with Crippen LogP contribution in [-0.2, 0) is 0 Å². The number of aromatic nitrogens is 1. The molecule has 3 rings (SSSR count). The first-order valence-electron chi connectivity index (χ1n) is 9.63. The summed E-state index contributed by atoms with van der Waals surface area (Å²) in [6, 6.07) is 8.32. The Balaban J connectivity index is 1.75. The number of methoxy groups -OCH3 is 1. The number of nitrogens with zero attached hydrogens (tertiary/aromatic N) is 2. The van der Waals surface area contributed by atoms with E-state index in [0.29, 0.717) is 12.5 Å². The second kappa shape index (κ2) is 8.85. The highest BCUT2D eigenvalue weighted by atomic mass is 32.1. The van der Waals surface area contributed by atoms with E-state index < -0.39 is 0 Å². The van der Waals surface area contributed by atoms with Gasteiger partial charge < -0.3 is 10.1 Å². The van der Waals surface area contributed by atoms with Crippen molar-refractivity contribution in [2.45, 2.75) is 45.6 Å². The van der Waals surface area contributed by atoms with Crippen LogP contribution >= 0.6 is 11.3 Å². The van der Waals surface area contributed by atoms with Crippen molar-refractivity contribution in [3.8, 4) is 5.75 Å². The van der Waals surface area contributed by atoms with E-state index in [2.05, 4.69) is 41.2 Å². The van der Waals surface area contributed by atoms with E-state index in [0.717, 1.165) is 34.4 Å². The number of hydrogen-bond acceptors (Lipinski definition) is 5. The molecule has 0 saturated carbocycles. The van der Waals surface area contributed by atoms with E-state index in [1.165, 1.54) is 29.7 Å². The monoisotopic (exact) mass is 387 g/mol. The Kier molecular flexibility index (Phi) is 6.50. The van der Waals surface area contributed by atoms with Gasteiger partial charge in [0.1, 0.15) is 10.6 Å². The fourth-order valence-electron chi connectivity index (χ4n) is 3.50. The predicted octanol–water partition coefficient (Wildman–Crippen LogP) is 4.15. The zero-order valence-electron chi connectivity index (χ0n) is 16.6. The number of carbonyl (C=O) groups is 1. The van der Waals surface area contributed by atoms with Crippen molar-refractivity contribution in [2.75, 3.05) is 26.7 Å². The molecular weight excluding hydrogens is 358 g/mol. The Morgan fingerprint density at radius 1 is 1.33 bits per heavy atom. The van der Waals surface area contributed by atoms with Gasteiger partial charge >= 0.3 is 0 Å². The molecule has 2 heterocycles. The van der Waals surface area contributed by atoms with Gasteiger partial charge in [0.25, 0.3) is 5.91 Å². The largest absolute Gasteiger partial charge is 0.497 e. The molecule has 0 radical (unpaired) electrons. The second-order valence-electron chi connectivity index (χ2n) is 7.37. The molecule has 1 unspecified atom stereocenters. The first-order chi connectivity index (χ1) is 13.0. The number of thiazole rings is 1. The van der Waals surface area contributed by atoms with E-state index in [9.17, 15) is 4.79 Å². The Labute approximate surface area is 165 Å². The molecule has 6 heteroatoms. The van der Waals surface area contributed by atoms with Gasteiger partial charge in [0, 0.05) is 12.5 Å². The molecule has 1 N–H and O–H groups in total. The molecule has 1 saturated heterocycles. The number of carbonyl (C=O) groups excluding carboxylic acids is 1. The molecular formula is C21H29N3O2S. The molecule has 1 aromatic carbocycles. The third-order valence-electron chi connectivity index (χ3n) is 5.03. The van der Waals surface area contributed by atoms with E-state index >= 15 is 0 Å². The molecule has 1 amide bonds. The topological polar surface area (TPSA) is 54.5 Å². The third kappa shape index (κ3) is 4.68. The Morgan fingerprint density at radius 3 is 2.70 bits per heavy atom. The van der Waals surface area contributed by atoms with Gasteiger partial charge in [-0.3, -0.25) is 9.69 Å². The smallest absolute Gasteiger partial charge is 0.263 e. The lowest BCUT2D eigenvalue weighted by molar-refractivity contribution is 0.0941. The summed E-state index contributed by atoms with van der Waals surface area (Å²) in [6.07, 6.45) is 2.42. The average molecular weight is 388 g/mol. The number of benzene rings is 1. The summed E-state index contributed by atoms with van der Waals surface area (Å²) in [7, 11) is 1.69. The number of likely N-dealkylation sites (tertiary alicyclic amines) is 1. The molecule has 5 nitrogen and oxygen atoms in total. The van der Waals surface area contributed by atoms with Crippen molar-refractivity contribution in [3.63, 3.8) is 0 Å². The van der Waals surface area contributed by atoms with Crippen LogP contribution in [0.15, 0.2) is 24.3 Å². The maximum absolute atomic E-state index is 12.8. The normalized spacial score (nSPS) is 15.9. The quantitative estimate of drug-likeness (QED) is 0.775. The number of hydrogen-bond donors (Lipinski definition) is 1.